The van der Waals surface area contributed by atoms with Crippen LogP contribution in [-0.4, -0.2) is 0 Å². The Morgan fingerprint density at radius 3 is 2.06 bits per heavy atom. The van der Waals surface area contributed by atoms with Gasteiger partial charge in [0.15, 0.2) is 0 Å². The molecule has 0 radical (unpaired) electrons. The molecule has 3 nitrogen and oxygen atoms in total. The topological polar surface area (TPSA) is 29.5 Å². The number of nitrogens with zero attached hydrogens (tertiary/aromatic N) is 1. The molecular formula is C46H29NO2. The number of fused-ring (bicyclic) bond motifs is 7. The molecule has 2 heterocycles. The van der Waals surface area contributed by atoms with Crippen molar-refractivity contribution in [3.05, 3.63) is 176 Å². The maximum atomic E-state index is 9.46. The van der Waals surface area contributed by atoms with E-state index in [0.29, 0.717) is 11.4 Å². The van der Waals surface area contributed by atoms with E-state index >= 15 is 0 Å². The van der Waals surface area contributed by atoms with E-state index in [1.807, 2.05) is 109 Å². The van der Waals surface area contributed by atoms with Crippen LogP contribution in [0.15, 0.2) is 184 Å². The molecule has 0 spiro atoms. The van der Waals surface area contributed by atoms with Crippen molar-refractivity contribution in [2.45, 2.75) is 0 Å². The van der Waals surface area contributed by atoms with Gasteiger partial charge in [-0.2, -0.15) is 0 Å². The highest BCUT2D eigenvalue weighted by molar-refractivity contribution is 6.09. The molecule has 8 aromatic carbocycles. The third-order valence-corrected chi connectivity index (χ3v) is 8.80. The van der Waals surface area contributed by atoms with Gasteiger partial charge < -0.3 is 13.7 Å². The molecule has 2 aromatic heterocycles. The molecular weight excluding hydrogens is 599 g/mol. The molecule has 0 unspecified atom stereocenters. The van der Waals surface area contributed by atoms with Crippen LogP contribution in [0.25, 0.3) is 76.9 Å². The minimum atomic E-state index is -0.613. The van der Waals surface area contributed by atoms with Crippen molar-refractivity contribution in [3.63, 3.8) is 0 Å². The number of anilines is 3. The van der Waals surface area contributed by atoms with Crippen molar-refractivity contribution >= 4 is 71.7 Å². The molecule has 0 saturated heterocycles. The lowest BCUT2D eigenvalue weighted by Gasteiger charge is -2.26. The molecule has 0 aliphatic rings. The molecule has 10 aromatic rings. The van der Waals surface area contributed by atoms with E-state index in [0.717, 1.165) is 43.8 Å². The zero-order valence-electron chi connectivity index (χ0n) is 36.7. The summed E-state index contributed by atoms with van der Waals surface area (Å²) >= 11 is 0. The summed E-state index contributed by atoms with van der Waals surface area (Å²) in [6.07, 6.45) is 0. The Kier molecular flexibility index (Phi) is 4.19. The summed E-state index contributed by atoms with van der Waals surface area (Å²) in [5.41, 5.74) is 2.79. The maximum Gasteiger partial charge on any atom is 0.143 e. The van der Waals surface area contributed by atoms with Gasteiger partial charge in [0, 0.05) is 44.2 Å². The molecule has 230 valence electrons. The van der Waals surface area contributed by atoms with Gasteiger partial charge in [-0.1, -0.05) is 115 Å². The van der Waals surface area contributed by atoms with Gasteiger partial charge in [-0.15, -0.1) is 0 Å². The third kappa shape index (κ3) is 4.59. The fraction of sp³-hybridized carbons (Fsp3) is 0. The second kappa shape index (κ2) is 11.0. The van der Waals surface area contributed by atoms with Gasteiger partial charge in [-0.05, 0) is 88.0 Å². The first kappa shape index (κ1) is 18.7. The first-order valence-electron chi connectivity index (χ1n) is 21.2. The van der Waals surface area contributed by atoms with Crippen LogP contribution in [0.2, 0.25) is 0 Å². The zero-order valence-corrected chi connectivity index (χ0v) is 25.7. The molecule has 0 saturated carbocycles. The van der Waals surface area contributed by atoms with Gasteiger partial charge in [-0.3, -0.25) is 0 Å². The molecule has 0 bridgehead atoms. The van der Waals surface area contributed by atoms with Crippen molar-refractivity contribution in [1.82, 2.24) is 0 Å². The van der Waals surface area contributed by atoms with E-state index in [-0.39, 0.29) is 27.6 Å². The fourth-order valence-corrected chi connectivity index (χ4v) is 6.45. The summed E-state index contributed by atoms with van der Waals surface area (Å²) < 4.78 is 110. The van der Waals surface area contributed by atoms with E-state index in [2.05, 4.69) is 0 Å². The summed E-state index contributed by atoms with van der Waals surface area (Å²) in [5, 5.41) is 3.48. The highest BCUT2D eigenvalue weighted by Crippen LogP contribution is 2.40. The molecule has 0 amide bonds. The normalized spacial score (nSPS) is 14.8. The minimum absolute atomic E-state index is 0.0891. The molecule has 0 aliphatic heterocycles. The van der Waals surface area contributed by atoms with Crippen LogP contribution in [0, 0.1) is 0 Å². The van der Waals surface area contributed by atoms with Crippen LogP contribution >= 0.6 is 0 Å². The Balaban J connectivity index is 1.17. The summed E-state index contributed by atoms with van der Waals surface area (Å²) in [5.74, 6) is 0. The Labute approximate surface area is 298 Å². The predicted molar refractivity (Wildman–Crippen MR) is 204 cm³/mol. The Bertz CT molecular complexity index is 3440. The van der Waals surface area contributed by atoms with Gasteiger partial charge in [0.2, 0.25) is 0 Å². The molecule has 0 N–H and O–H groups in total. The van der Waals surface area contributed by atoms with Gasteiger partial charge in [0.1, 0.15) is 22.3 Å². The average molecular weight is 639 g/mol. The molecule has 10 rings (SSSR count). The lowest BCUT2D eigenvalue weighted by Crippen LogP contribution is -2.09. The zero-order chi connectivity index (χ0) is 41.9. The summed E-state index contributed by atoms with van der Waals surface area (Å²) in [6.45, 7) is 0. The van der Waals surface area contributed by atoms with E-state index in [4.69, 9.17) is 18.4 Å². The van der Waals surface area contributed by atoms with Gasteiger partial charge >= 0.3 is 0 Å². The fourth-order valence-electron chi connectivity index (χ4n) is 6.45. The van der Waals surface area contributed by atoms with Crippen LogP contribution < -0.4 is 4.90 Å². The second-order valence-corrected chi connectivity index (χ2v) is 11.7. The Morgan fingerprint density at radius 1 is 0.429 bits per heavy atom. The smallest absolute Gasteiger partial charge is 0.143 e. The average Bonchev–Trinajstić information content (AvgIpc) is 3.86. The highest BCUT2D eigenvalue weighted by atomic mass is 16.3. The lowest BCUT2D eigenvalue weighted by atomic mass is 10.0. The van der Waals surface area contributed by atoms with Crippen molar-refractivity contribution in [2.75, 3.05) is 4.90 Å². The van der Waals surface area contributed by atoms with Crippen molar-refractivity contribution in [1.29, 1.82) is 0 Å². The van der Waals surface area contributed by atoms with Gasteiger partial charge in [0.25, 0.3) is 0 Å². The number of hydrogen-bond acceptors (Lipinski definition) is 3. The molecule has 49 heavy (non-hydrogen) atoms. The summed E-state index contributed by atoms with van der Waals surface area (Å²) in [7, 11) is 0. The summed E-state index contributed by atoms with van der Waals surface area (Å²) in [4.78, 5) is 1.65. The molecule has 0 aliphatic carbocycles. The van der Waals surface area contributed by atoms with Crippen LogP contribution in [0.5, 0.6) is 0 Å². The van der Waals surface area contributed by atoms with E-state index < -0.39 is 77.6 Å². The van der Waals surface area contributed by atoms with Crippen LogP contribution in [0.3, 0.4) is 0 Å². The highest BCUT2D eigenvalue weighted by Gasteiger charge is 2.16. The second-order valence-electron chi connectivity index (χ2n) is 11.7. The lowest BCUT2D eigenvalue weighted by molar-refractivity contribution is 0.669. The van der Waals surface area contributed by atoms with Gasteiger partial charge in [0.05, 0.1) is 15.1 Å². The number of para-hydroxylation sites is 3. The quantitative estimate of drug-likeness (QED) is 0.188. The first-order valence-corrected chi connectivity index (χ1v) is 15.7. The number of benzene rings is 8. The largest absolute Gasteiger partial charge is 0.456 e. The predicted octanol–water partition coefficient (Wildman–Crippen LogP) is 13.4. The third-order valence-electron chi connectivity index (χ3n) is 8.80. The van der Waals surface area contributed by atoms with Crippen LogP contribution in [0.4, 0.5) is 17.1 Å². The van der Waals surface area contributed by atoms with Crippen LogP contribution in [-0.2, 0) is 0 Å². The van der Waals surface area contributed by atoms with Crippen LogP contribution in [0.1, 0.15) is 15.1 Å². The number of rotatable bonds is 5. The van der Waals surface area contributed by atoms with E-state index in [1.165, 1.54) is 0 Å². The van der Waals surface area contributed by atoms with Crippen molar-refractivity contribution < 1.29 is 23.9 Å². The van der Waals surface area contributed by atoms with Crippen molar-refractivity contribution in [3.8, 4) is 22.3 Å². The number of furan rings is 2. The first-order chi connectivity index (χ1) is 28.9. The Morgan fingerprint density at radius 2 is 1.16 bits per heavy atom. The SMILES string of the molecule is [2H]c1c([2H])c(N(c2ccc(-c3cccc4c3oc3ccccc34)cc2)c2ccc3ccccc3c2)c([2H])c([2H])c1-c1c([2H])c([2H])c2c(oc3c([2H])c([2H])c([2H])c([2H])c32)c1[2H]. The van der Waals surface area contributed by atoms with Crippen molar-refractivity contribution in [2.24, 2.45) is 0 Å². The number of hydrogen-bond donors (Lipinski definition) is 0. The van der Waals surface area contributed by atoms with Gasteiger partial charge in [-0.25, -0.2) is 0 Å². The molecule has 3 heteroatoms. The maximum absolute atomic E-state index is 9.46. The summed E-state index contributed by atoms with van der Waals surface area (Å²) in [6, 6.07) is 28.7. The standard InChI is InChI=1S/C46H29NO2/c1-2-9-33-28-37(26-18-30(33)8-1)47(35-22-16-31(17-23-35)34-21-27-41-39-10-3-5-14-43(39)48-45(41)29-34)36-24-19-32(20-25-36)38-12-7-13-42-40-11-4-6-15-44(40)49-46(38)42/h1-29H/i3D,5D,10D,14D,16D,17D,21D,22D,23D,27D,29D. The molecule has 0 fully saturated rings. The van der Waals surface area contributed by atoms with E-state index in [9.17, 15) is 5.48 Å². The molecule has 0 atom stereocenters. The Hall–Kier alpha value is -6.58. The van der Waals surface area contributed by atoms with E-state index in [1.54, 1.807) is 4.90 Å². The minimum Gasteiger partial charge on any atom is -0.456 e. The monoisotopic (exact) mass is 638 g/mol.